The summed E-state index contributed by atoms with van der Waals surface area (Å²) >= 11 is 6.20. The lowest BCUT2D eigenvalue weighted by Crippen LogP contribution is -2.39. The Hall–Kier alpha value is -1.11. The average molecular weight is 399 g/mol. The van der Waals surface area contributed by atoms with Crippen LogP contribution in [0, 0.1) is 5.92 Å². The lowest BCUT2D eigenvalue weighted by Gasteiger charge is -2.30. The van der Waals surface area contributed by atoms with Crippen molar-refractivity contribution in [3.63, 3.8) is 0 Å². The highest BCUT2D eigenvalue weighted by molar-refractivity contribution is 7.89. The number of hydrogen-bond acceptors (Lipinski definition) is 3. The van der Waals surface area contributed by atoms with Crippen molar-refractivity contribution in [2.45, 2.75) is 62.8 Å². The van der Waals surface area contributed by atoms with Crippen LogP contribution >= 0.6 is 11.6 Å². The molecule has 7 heteroatoms. The zero-order valence-electron chi connectivity index (χ0n) is 15.2. The third kappa shape index (κ3) is 4.41. The first-order valence-corrected chi connectivity index (χ1v) is 11.3. The molecular weight excluding hydrogens is 372 g/mol. The number of amides is 1. The molecule has 2 fully saturated rings. The fourth-order valence-corrected chi connectivity index (χ4v) is 5.96. The minimum Gasteiger partial charge on any atom is -0.349 e. The predicted molar refractivity (Wildman–Crippen MR) is 103 cm³/mol. The molecule has 1 aromatic rings. The first kappa shape index (κ1) is 19.6. The van der Waals surface area contributed by atoms with E-state index < -0.39 is 10.0 Å². The summed E-state index contributed by atoms with van der Waals surface area (Å²) in [5.74, 6) is 0.104. The Kier molecular flexibility index (Phi) is 6.25. The van der Waals surface area contributed by atoms with Gasteiger partial charge >= 0.3 is 0 Å². The van der Waals surface area contributed by atoms with Crippen molar-refractivity contribution in [1.82, 2.24) is 9.62 Å². The van der Waals surface area contributed by atoms with E-state index in [1.54, 1.807) is 6.07 Å². The zero-order chi connectivity index (χ0) is 18.7. The number of hydrogen-bond donors (Lipinski definition) is 1. The van der Waals surface area contributed by atoms with Gasteiger partial charge in [-0.15, -0.1) is 0 Å². The maximum Gasteiger partial charge on any atom is 0.251 e. The van der Waals surface area contributed by atoms with Gasteiger partial charge in [-0.3, -0.25) is 4.79 Å². The van der Waals surface area contributed by atoms with Crippen LogP contribution in [0.2, 0.25) is 5.02 Å². The quantitative estimate of drug-likeness (QED) is 0.838. The second-order valence-corrected chi connectivity index (χ2v) is 9.88. The predicted octanol–water partition coefficient (Wildman–Crippen LogP) is 3.82. The second-order valence-electron chi connectivity index (χ2n) is 7.56. The molecule has 1 unspecified atom stereocenters. The van der Waals surface area contributed by atoms with E-state index in [0.717, 1.165) is 38.5 Å². The van der Waals surface area contributed by atoms with Gasteiger partial charge in [0.05, 0.1) is 5.02 Å². The fourth-order valence-electron chi connectivity index (χ4n) is 3.86. The lowest BCUT2D eigenvalue weighted by atomic mass is 9.95. The maximum atomic E-state index is 13.0. The first-order valence-electron chi connectivity index (χ1n) is 9.48. The van der Waals surface area contributed by atoms with Gasteiger partial charge in [0.25, 0.3) is 5.91 Å². The van der Waals surface area contributed by atoms with Crippen LogP contribution in [0.4, 0.5) is 0 Å². The number of nitrogens with one attached hydrogen (secondary N) is 1. The largest absolute Gasteiger partial charge is 0.349 e. The molecule has 1 saturated heterocycles. The van der Waals surface area contributed by atoms with Gasteiger partial charge in [0.1, 0.15) is 4.90 Å². The molecule has 1 aliphatic carbocycles. The Labute approximate surface area is 161 Å². The van der Waals surface area contributed by atoms with Crippen molar-refractivity contribution < 1.29 is 13.2 Å². The van der Waals surface area contributed by atoms with E-state index >= 15 is 0 Å². The first-order chi connectivity index (χ1) is 12.4. The molecule has 1 N–H and O–H groups in total. The van der Waals surface area contributed by atoms with Gasteiger partial charge in [-0.05, 0) is 49.8 Å². The van der Waals surface area contributed by atoms with Crippen LogP contribution in [0.5, 0.6) is 0 Å². The second kappa shape index (κ2) is 8.28. The van der Waals surface area contributed by atoms with Crippen molar-refractivity contribution in [2.75, 3.05) is 13.1 Å². The maximum absolute atomic E-state index is 13.0. The van der Waals surface area contributed by atoms with Gasteiger partial charge < -0.3 is 5.32 Å². The molecule has 1 heterocycles. The molecular formula is C19H27ClN2O3S. The molecule has 0 bridgehead atoms. The number of rotatable bonds is 4. The van der Waals surface area contributed by atoms with E-state index in [9.17, 15) is 13.2 Å². The van der Waals surface area contributed by atoms with Crippen LogP contribution < -0.4 is 5.32 Å². The normalized spacial score (nSPS) is 22.9. The standard InChI is InChI=1S/C19H27ClN2O3S/c1-14-6-5-11-22(13-14)26(24,25)18-12-15(9-10-17(18)20)19(23)21-16-7-3-2-4-8-16/h9-10,12,14,16H,2-8,11,13H2,1H3,(H,21,23). The zero-order valence-corrected chi connectivity index (χ0v) is 16.8. The molecule has 3 rings (SSSR count). The van der Waals surface area contributed by atoms with E-state index in [-0.39, 0.29) is 21.9 Å². The fraction of sp³-hybridized carbons (Fsp3) is 0.632. The van der Waals surface area contributed by atoms with Crippen LogP contribution in [0.3, 0.4) is 0 Å². The molecule has 0 radical (unpaired) electrons. The van der Waals surface area contributed by atoms with E-state index in [4.69, 9.17) is 11.6 Å². The summed E-state index contributed by atoms with van der Waals surface area (Å²) in [6.07, 6.45) is 7.30. The highest BCUT2D eigenvalue weighted by atomic mass is 35.5. The smallest absolute Gasteiger partial charge is 0.251 e. The summed E-state index contributed by atoms with van der Waals surface area (Å²) in [7, 11) is -3.69. The topological polar surface area (TPSA) is 66.5 Å². The van der Waals surface area contributed by atoms with Gasteiger partial charge in [-0.2, -0.15) is 4.31 Å². The number of sulfonamides is 1. The van der Waals surface area contributed by atoms with Crippen LogP contribution in [0.25, 0.3) is 0 Å². The number of benzene rings is 1. The monoisotopic (exact) mass is 398 g/mol. The molecule has 0 aromatic heterocycles. The molecule has 26 heavy (non-hydrogen) atoms. The van der Waals surface area contributed by atoms with Crippen molar-refractivity contribution in [3.8, 4) is 0 Å². The van der Waals surface area contributed by atoms with Crippen LogP contribution in [0.1, 0.15) is 62.2 Å². The Balaban J connectivity index is 1.81. The van der Waals surface area contributed by atoms with E-state index in [1.807, 2.05) is 0 Å². The summed E-state index contributed by atoms with van der Waals surface area (Å²) in [4.78, 5) is 12.6. The highest BCUT2D eigenvalue weighted by Gasteiger charge is 2.31. The lowest BCUT2D eigenvalue weighted by molar-refractivity contribution is 0.0927. The molecule has 5 nitrogen and oxygen atoms in total. The van der Waals surface area contributed by atoms with Gasteiger partial charge in [0, 0.05) is 24.7 Å². The van der Waals surface area contributed by atoms with Gasteiger partial charge in [0.15, 0.2) is 0 Å². The van der Waals surface area contributed by atoms with Crippen LogP contribution in [-0.4, -0.2) is 37.8 Å². The van der Waals surface area contributed by atoms with E-state index in [2.05, 4.69) is 12.2 Å². The highest BCUT2D eigenvalue weighted by Crippen LogP contribution is 2.29. The summed E-state index contributed by atoms with van der Waals surface area (Å²) in [6, 6.07) is 4.71. The SMILES string of the molecule is CC1CCCN(S(=O)(=O)c2cc(C(=O)NC3CCCCC3)ccc2Cl)C1. The molecule has 1 aromatic carbocycles. The van der Waals surface area contributed by atoms with Crippen molar-refractivity contribution >= 4 is 27.5 Å². The van der Waals surface area contributed by atoms with E-state index in [1.165, 1.54) is 22.9 Å². The molecule has 144 valence electrons. The average Bonchev–Trinajstić information content (AvgIpc) is 2.62. The third-order valence-electron chi connectivity index (χ3n) is 5.37. The number of piperidine rings is 1. The van der Waals surface area contributed by atoms with Crippen molar-refractivity contribution in [1.29, 1.82) is 0 Å². The Morgan fingerprint density at radius 2 is 1.88 bits per heavy atom. The van der Waals surface area contributed by atoms with Crippen molar-refractivity contribution in [2.24, 2.45) is 5.92 Å². The molecule has 1 atom stereocenters. The van der Waals surface area contributed by atoms with Gasteiger partial charge in [0.2, 0.25) is 10.0 Å². The Morgan fingerprint density at radius 1 is 1.15 bits per heavy atom. The van der Waals surface area contributed by atoms with Crippen LogP contribution in [-0.2, 0) is 10.0 Å². The molecule has 0 spiro atoms. The minimum absolute atomic E-state index is 0.0320. The minimum atomic E-state index is -3.69. The number of carbonyl (C=O) groups excluding carboxylic acids is 1. The molecule has 1 aliphatic heterocycles. The summed E-state index contributed by atoms with van der Waals surface area (Å²) in [5, 5.41) is 3.19. The van der Waals surface area contributed by atoms with Crippen LogP contribution in [0.15, 0.2) is 23.1 Å². The Bertz CT molecular complexity index is 760. The number of nitrogens with zero attached hydrogens (tertiary/aromatic N) is 1. The summed E-state index contributed by atoms with van der Waals surface area (Å²) in [5.41, 5.74) is 0.351. The van der Waals surface area contributed by atoms with Crippen molar-refractivity contribution in [3.05, 3.63) is 28.8 Å². The third-order valence-corrected chi connectivity index (χ3v) is 7.72. The van der Waals surface area contributed by atoms with Gasteiger partial charge in [-0.1, -0.05) is 37.8 Å². The molecule has 1 amide bonds. The Morgan fingerprint density at radius 3 is 2.58 bits per heavy atom. The summed E-state index contributed by atoms with van der Waals surface area (Å²) in [6.45, 7) is 3.05. The number of halogens is 1. The molecule has 2 aliphatic rings. The number of carbonyl (C=O) groups is 1. The molecule has 1 saturated carbocycles. The van der Waals surface area contributed by atoms with Gasteiger partial charge in [-0.25, -0.2) is 8.42 Å². The van der Waals surface area contributed by atoms with E-state index in [0.29, 0.717) is 24.6 Å². The summed E-state index contributed by atoms with van der Waals surface area (Å²) < 4.78 is 27.5.